The van der Waals surface area contributed by atoms with Crippen LogP contribution in [0.4, 0.5) is 0 Å². The Bertz CT molecular complexity index is 1070. The minimum absolute atomic E-state index is 0.0138. The van der Waals surface area contributed by atoms with Gasteiger partial charge in [0.1, 0.15) is 11.8 Å². The van der Waals surface area contributed by atoms with E-state index in [0.717, 1.165) is 24.0 Å². The molecule has 2 unspecified atom stereocenters. The van der Waals surface area contributed by atoms with Crippen molar-refractivity contribution < 1.29 is 9.53 Å². The van der Waals surface area contributed by atoms with Gasteiger partial charge < -0.3 is 9.64 Å². The van der Waals surface area contributed by atoms with E-state index >= 15 is 0 Å². The van der Waals surface area contributed by atoms with E-state index in [0.29, 0.717) is 35.6 Å². The van der Waals surface area contributed by atoms with Gasteiger partial charge in [-0.25, -0.2) is 19.9 Å². The molecular formula is C22H22N6O2. The summed E-state index contributed by atoms with van der Waals surface area (Å²) < 4.78 is 6.05. The third kappa shape index (κ3) is 3.38. The number of likely N-dealkylation sites (tertiary alicyclic amines) is 1. The number of ether oxygens (including phenoxy) is 1. The Morgan fingerprint density at radius 3 is 2.47 bits per heavy atom. The zero-order valence-electron chi connectivity index (χ0n) is 16.9. The first-order valence-electron chi connectivity index (χ1n) is 10.1. The number of pyridine rings is 1. The predicted octanol–water partition coefficient (Wildman–Crippen LogP) is 2.63. The molecule has 1 amide bonds. The van der Waals surface area contributed by atoms with Gasteiger partial charge in [0.15, 0.2) is 5.82 Å². The number of carbonyl (C=O) groups is 1. The molecule has 152 valence electrons. The van der Waals surface area contributed by atoms with Crippen LogP contribution in [-0.2, 0) is 0 Å². The zero-order chi connectivity index (χ0) is 20.7. The van der Waals surface area contributed by atoms with Crippen LogP contribution in [0.5, 0.6) is 6.01 Å². The van der Waals surface area contributed by atoms with E-state index in [1.54, 1.807) is 37.1 Å². The number of aromatic nitrogens is 5. The minimum atomic E-state index is -0.114. The first-order valence-corrected chi connectivity index (χ1v) is 10.1. The van der Waals surface area contributed by atoms with E-state index in [1.807, 2.05) is 24.8 Å². The molecule has 0 spiro atoms. The van der Waals surface area contributed by atoms with Gasteiger partial charge in [0.2, 0.25) is 0 Å². The first-order chi connectivity index (χ1) is 14.6. The van der Waals surface area contributed by atoms with Gasteiger partial charge in [0.05, 0.1) is 11.6 Å². The fourth-order valence-corrected chi connectivity index (χ4v) is 4.39. The molecule has 3 aromatic heterocycles. The summed E-state index contributed by atoms with van der Waals surface area (Å²) in [5.74, 6) is 0.807. The maximum Gasteiger partial charge on any atom is 0.316 e. The Morgan fingerprint density at radius 1 is 1.00 bits per heavy atom. The molecule has 3 aromatic rings. The monoisotopic (exact) mass is 402 g/mol. The number of carbonyl (C=O) groups excluding carboxylic acids is 1. The van der Waals surface area contributed by atoms with E-state index in [4.69, 9.17) is 4.74 Å². The Hall–Kier alpha value is -3.42. The van der Waals surface area contributed by atoms with Crippen LogP contribution in [0.25, 0.3) is 11.4 Å². The van der Waals surface area contributed by atoms with Crippen LogP contribution in [0, 0.1) is 19.8 Å². The average Bonchev–Trinajstić information content (AvgIpc) is 3.36. The maximum absolute atomic E-state index is 13.5. The molecule has 8 nitrogen and oxygen atoms in total. The number of aryl methyl sites for hydroxylation is 2. The molecule has 8 heteroatoms. The number of hydrogen-bond acceptors (Lipinski definition) is 7. The van der Waals surface area contributed by atoms with Gasteiger partial charge >= 0.3 is 6.01 Å². The molecule has 2 aliphatic rings. The standard InChI is InChI=1S/C22H22N6O2/c1-13-6-16(20-23-4-3-5-24-20)19(25-9-13)21(29)28-12-15-7-17(28)18(8-15)30-22-26-10-14(2)11-27-22/h3-6,9-11,15,17-18H,7-8,12H2,1-2H3/t15-,17?,18?/m1/s1. The van der Waals surface area contributed by atoms with Gasteiger partial charge in [-0.05, 0) is 55.9 Å². The highest BCUT2D eigenvalue weighted by Crippen LogP contribution is 2.40. The lowest BCUT2D eigenvalue weighted by Gasteiger charge is -2.33. The molecule has 3 atom stereocenters. The van der Waals surface area contributed by atoms with Crippen molar-refractivity contribution in [2.24, 2.45) is 5.92 Å². The molecule has 5 rings (SSSR count). The molecule has 1 aliphatic carbocycles. The van der Waals surface area contributed by atoms with E-state index in [2.05, 4.69) is 24.9 Å². The molecule has 1 saturated heterocycles. The summed E-state index contributed by atoms with van der Waals surface area (Å²) in [5.41, 5.74) is 2.97. The SMILES string of the molecule is Cc1cnc(OC2C[C@H]3CC2N(C(=O)c2ncc(C)cc2-c2ncccn2)C3)nc1. The molecule has 30 heavy (non-hydrogen) atoms. The van der Waals surface area contributed by atoms with Crippen molar-refractivity contribution in [1.29, 1.82) is 0 Å². The lowest BCUT2D eigenvalue weighted by Crippen LogP contribution is -2.47. The van der Waals surface area contributed by atoms with Gasteiger partial charge in [-0.1, -0.05) is 0 Å². The van der Waals surface area contributed by atoms with Crippen LogP contribution < -0.4 is 4.74 Å². The quantitative estimate of drug-likeness (QED) is 0.662. The Morgan fingerprint density at radius 2 is 1.73 bits per heavy atom. The minimum Gasteiger partial charge on any atom is -0.458 e. The van der Waals surface area contributed by atoms with E-state index < -0.39 is 0 Å². The highest BCUT2D eigenvalue weighted by Gasteiger charge is 2.49. The Labute approximate surface area is 174 Å². The Kier molecular flexibility index (Phi) is 4.61. The van der Waals surface area contributed by atoms with Crippen molar-refractivity contribution in [1.82, 2.24) is 29.8 Å². The van der Waals surface area contributed by atoms with Gasteiger partial charge in [0.25, 0.3) is 5.91 Å². The molecule has 4 heterocycles. The lowest BCUT2D eigenvalue weighted by molar-refractivity contribution is 0.0448. The van der Waals surface area contributed by atoms with Crippen molar-refractivity contribution in [2.45, 2.75) is 38.8 Å². The summed E-state index contributed by atoms with van der Waals surface area (Å²) in [4.78, 5) is 37.0. The molecule has 2 bridgehead atoms. The van der Waals surface area contributed by atoms with Crippen molar-refractivity contribution in [3.63, 3.8) is 0 Å². The van der Waals surface area contributed by atoms with Crippen LogP contribution in [0.15, 0.2) is 43.1 Å². The average molecular weight is 402 g/mol. The van der Waals surface area contributed by atoms with Crippen molar-refractivity contribution >= 4 is 5.91 Å². The van der Waals surface area contributed by atoms with Gasteiger partial charge in [0, 0.05) is 37.5 Å². The molecule has 1 saturated carbocycles. The van der Waals surface area contributed by atoms with Crippen molar-refractivity contribution in [3.8, 4) is 17.4 Å². The van der Waals surface area contributed by atoms with E-state index in [9.17, 15) is 4.79 Å². The second-order valence-corrected chi connectivity index (χ2v) is 8.04. The maximum atomic E-state index is 13.5. The number of rotatable bonds is 4. The third-order valence-corrected chi connectivity index (χ3v) is 5.73. The van der Waals surface area contributed by atoms with Crippen LogP contribution >= 0.6 is 0 Å². The first kappa shape index (κ1) is 18.6. The number of nitrogens with zero attached hydrogens (tertiary/aromatic N) is 6. The fraction of sp³-hybridized carbons (Fsp3) is 0.364. The summed E-state index contributed by atoms with van der Waals surface area (Å²) in [6.45, 7) is 4.59. The molecular weight excluding hydrogens is 380 g/mol. The number of fused-ring (bicyclic) bond motifs is 2. The van der Waals surface area contributed by atoms with Gasteiger partial charge in [-0.15, -0.1) is 0 Å². The summed E-state index contributed by atoms with van der Waals surface area (Å²) in [5, 5.41) is 0. The topological polar surface area (TPSA) is 94.0 Å². The second-order valence-electron chi connectivity index (χ2n) is 8.04. The van der Waals surface area contributed by atoms with Gasteiger partial charge in [-0.2, -0.15) is 0 Å². The number of amides is 1. The van der Waals surface area contributed by atoms with E-state index in [1.165, 1.54) is 0 Å². The van der Waals surface area contributed by atoms with Crippen LogP contribution in [-0.4, -0.2) is 54.4 Å². The Balaban J connectivity index is 1.41. The highest BCUT2D eigenvalue weighted by molar-refractivity contribution is 5.98. The van der Waals surface area contributed by atoms with Crippen LogP contribution in [0.1, 0.15) is 34.5 Å². The molecule has 0 radical (unpaired) electrons. The van der Waals surface area contributed by atoms with Crippen molar-refractivity contribution in [2.75, 3.05) is 6.54 Å². The number of hydrogen-bond donors (Lipinski definition) is 0. The largest absolute Gasteiger partial charge is 0.458 e. The summed E-state index contributed by atoms with van der Waals surface area (Å²) in [7, 11) is 0. The highest BCUT2D eigenvalue weighted by atomic mass is 16.5. The molecule has 1 aliphatic heterocycles. The summed E-state index contributed by atoms with van der Waals surface area (Å²) >= 11 is 0. The smallest absolute Gasteiger partial charge is 0.316 e. The van der Waals surface area contributed by atoms with E-state index in [-0.39, 0.29) is 18.1 Å². The fourth-order valence-electron chi connectivity index (χ4n) is 4.39. The zero-order valence-corrected chi connectivity index (χ0v) is 16.9. The lowest BCUT2D eigenvalue weighted by atomic mass is 10.1. The second kappa shape index (κ2) is 7.44. The third-order valence-electron chi connectivity index (χ3n) is 5.73. The van der Waals surface area contributed by atoms with Crippen LogP contribution in [0.3, 0.4) is 0 Å². The van der Waals surface area contributed by atoms with Gasteiger partial charge in [-0.3, -0.25) is 9.78 Å². The normalized spacial score (nSPS) is 22.3. The number of piperidine rings is 1. The molecule has 0 N–H and O–H groups in total. The van der Waals surface area contributed by atoms with Crippen LogP contribution in [0.2, 0.25) is 0 Å². The predicted molar refractivity (Wildman–Crippen MR) is 109 cm³/mol. The summed E-state index contributed by atoms with van der Waals surface area (Å²) in [6.07, 6.45) is 10.2. The summed E-state index contributed by atoms with van der Waals surface area (Å²) in [6, 6.07) is 4.01. The molecule has 0 aromatic carbocycles. The molecule has 2 fully saturated rings. The van der Waals surface area contributed by atoms with Crippen molar-refractivity contribution in [3.05, 3.63) is 59.9 Å².